The molecule has 112 valence electrons. The molecule has 3 heteroatoms. The minimum absolute atomic E-state index is 0.597. The second-order valence-corrected chi connectivity index (χ2v) is 6.38. The standard InChI is InChI=1S/C17H29N3/c1-2-18-17-8-6-7-15-13-20(14-16(15)17)12-11-19-9-4-3-5-10-19/h13-14,17-18H,2-12H2,1H3. The first-order valence-corrected chi connectivity index (χ1v) is 8.51. The summed E-state index contributed by atoms with van der Waals surface area (Å²) in [6, 6.07) is 0.597. The molecule has 0 radical (unpaired) electrons. The maximum atomic E-state index is 3.64. The van der Waals surface area contributed by atoms with E-state index in [1.165, 1.54) is 58.2 Å². The van der Waals surface area contributed by atoms with Crippen molar-refractivity contribution in [2.45, 2.75) is 58.0 Å². The van der Waals surface area contributed by atoms with Crippen LogP contribution in [-0.4, -0.2) is 35.6 Å². The fourth-order valence-electron chi connectivity index (χ4n) is 3.78. The Morgan fingerprint density at radius 1 is 1.10 bits per heavy atom. The maximum Gasteiger partial charge on any atom is 0.0347 e. The highest BCUT2D eigenvalue weighted by atomic mass is 15.1. The summed E-state index contributed by atoms with van der Waals surface area (Å²) < 4.78 is 2.44. The Balaban J connectivity index is 1.60. The smallest absolute Gasteiger partial charge is 0.0347 e. The van der Waals surface area contributed by atoms with Gasteiger partial charge in [-0.15, -0.1) is 0 Å². The molecule has 1 saturated heterocycles. The number of nitrogens with one attached hydrogen (secondary N) is 1. The zero-order valence-electron chi connectivity index (χ0n) is 12.9. The minimum Gasteiger partial charge on any atom is -0.352 e. The van der Waals surface area contributed by atoms with Crippen molar-refractivity contribution in [3.63, 3.8) is 0 Å². The zero-order valence-corrected chi connectivity index (χ0v) is 12.9. The van der Waals surface area contributed by atoms with E-state index in [0.717, 1.165) is 13.1 Å². The molecular weight excluding hydrogens is 246 g/mol. The van der Waals surface area contributed by atoms with E-state index in [0.29, 0.717) is 6.04 Å². The number of hydrogen-bond donors (Lipinski definition) is 1. The Bertz CT molecular complexity index is 418. The monoisotopic (exact) mass is 275 g/mol. The Morgan fingerprint density at radius 2 is 1.95 bits per heavy atom. The number of nitrogens with zero attached hydrogens (tertiary/aromatic N) is 2. The largest absolute Gasteiger partial charge is 0.352 e. The molecule has 3 nitrogen and oxygen atoms in total. The van der Waals surface area contributed by atoms with Crippen LogP contribution < -0.4 is 5.32 Å². The van der Waals surface area contributed by atoms with Crippen LogP contribution in [0.1, 0.15) is 56.2 Å². The average molecular weight is 275 g/mol. The van der Waals surface area contributed by atoms with Crippen molar-refractivity contribution in [1.82, 2.24) is 14.8 Å². The zero-order chi connectivity index (χ0) is 13.8. The van der Waals surface area contributed by atoms with E-state index in [1.54, 1.807) is 11.1 Å². The number of likely N-dealkylation sites (tertiary alicyclic amines) is 1. The van der Waals surface area contributed by atoms with Crippen molar-refractivity contribution in [3.05, 3.63) is 23.5 Å². The molecule has 1 N–H and O–H groups in total. The third-order valence-electron chi connectivity index (χ3n) is 4.89. The van der Waals surface area contributed by atoms with Gasteiger partial charge in [0, 0.05) is 31.5 Å². The average Bonchev–Trinajstić information content (AvgIpc) is 2.91. The van der Waals surface area contributed by atoms with Crippen molar-refractivity contribution in [3.8, 4) is 0 Å². The molecular formula is C17H29N3. The van der Waals surface area contributed by atoms with Crippen molar-refractivity contribution in [2.24, 2.45) is 0 Å². The third kappa shape index (κ3) is 3.26. The van der Waals surface area contributed by atoms with Gasteiger partial charge in [0.1, 0.15) is 0 Å². The molecule has 1 aromatic rings. The van der Waals surface area contributed by atoms with Gasteiger partial charge in [0.05, 0.1) is 0 Å². The summed E-state index contributed by atoms with van der Waals surface area (Å²) in [6.45, 7) is 8.28. The molecule has 1 aliphatic carbocycles. The van der Waals surface area contributed by atoms with E-state index in [-0.39, 0.29) is 0 Å². The molecule has 1 aliphatic heterocycles. The van der Waals surface area contributed by atoms with Crippen molar-refractivity contribution in [1.29, 1.82) is 0 Å². The SMILES string of the molecule is CCNC1CCCc2cn(CCN3CCCCC3)cc21. The predicted octanol–water partition coefficient (Wildman–Crippen LogP) is 2.96. The quantitative estimate of drug-likeness (QED) is 0.891. The molecule has 0 saturated carbocycles. The summed E-state index contributed by atoms with van der Waals surface area (Å²) in [5.74, 6) is 0. The highest BCUT2D eigenvalue weighted by Crippen LogP contribution is 2.30. The van der Waals surface area contributed by atoms with Gasteiger partial charge < -0.3 is 14.8 Å². The van der Waals surface area contributed by atoms with Crippen LogP contribution in [0.5, 0.6) is 0 Å². The molecule has 20 heavy (non-hydrogen) atoms. The topological polar surface area (TPSA) is 20.2 Å². The lowest BCUT2D eigenvalue weighted by molar-refractivity contribution is 0.221. The summed E-state index contributed by atoms with van der Waals surface area (Å²) in [7, 11) is 0. The Labute approximate surface area is 123 Å². The Hall–Kier alpha value is -0.800. The molecule has 0 amide bonds. The van der Waals surface area contributed by atoms with E-state index in [4.69, 9.17) is 0 Å². The highest BCUT2D eigenvalue weighted by molar-refractivity contribution is 5.30. The predicted molar refractivity (Wildman–Crippen MR) is 84.1 cm³/mol. The molecule has 1 aromatic heterocycles. The number of aromatic nitrogens is 1. The van der Waals surface area contributed by atoms with Crippen LogP contribution in [0.25, 0.3) is 0 Å². The molecule has 0 aromatic carbocycles. The van der Waals surface area contributed by atoms with Gasteiger partial charge in [-0.3, -0.25) is 0 Å². The molecule has 0 bridgehead atoms. The van der Waals surface area contributed by atoms with Gasteiger partial charge in [-0.1, -0.05) is 13.3 Å². The van der Waals surface area contributed by atoms with Gasteiger partial charge >= 0.3 is 0 Å². The molecule has 1 atom stereocenters. The van der Waals surface area contributed by atoms with E-state index < -0.39 is 0 Å². The van der Waals surface area contributed by atoms with Gasteiger partial charge in [0.25, 0.3) is 0 Å². The summed E-state index contributed by atoms with van der Waals surface area (Å²) in [6.07, 6.45) is 12.9. The number of piperidine rings is 1. The van der Waals surface area contributed by atoms with E-state index in [2.05, 4.69) is 34.1 Å². The lowest BCUT2D eigenvalue weighted by atomic mass is 9.91. The Morgan fingerprint density at radius 3 is 2.75 bits per heavy atom. The lowest BCUT2D eigenvalue weighted by Gasteiger charge is -2.26. The van der Waals surface area contributed by atoms with Crippen LogP contribution in [0.4, 0.5) is 0 Å². The first-order valence-electron chi connectivity index (χ1n) is 8.51. The maximum absolute atomic E-state index is 3.64. The van der Waals surface area contributed by atoms with Gasteiger partial charge in [0.2, 0.25) is 0 Å². The number of fused-ring (bicyclic) bond motifs is 1. The van der Waals surface area contributed by atoms with Crippen molar-refractivity contribution < 1.29 is 0 Å². The second kappa shape index (κ2) is 6.77. The van der Waals surface area contributed by atoms with Gasteiger partial charge in [-0.2, -0.15) is 0 Å². The van der Waals surface area contributed by atoms with Crippen LogP contribution in [0.15, 0.2) is 12.4 Å². The summed E-state index contributed by atoms with van der Waals surface area (Å²) in [5, 5.41) is 3.64. The molecule has 0 spiro atoms. The first-order chi connectivity index (χ1) is 9.86. The summed E-state index contributed by atoms with van der Waals surface area (Å²) in [4.78, 5) is 2.63. The number of hydrogen-bond acceptors (Lipinski definition) is 2. The van der Waals surface area contributed by atoms with Crippen LogP contribution in [0.3, 0.4) is 0 Å². The van der Waals surface area contributed by atoms with E-state index >= 15 is 0 Å². The van der Waals surface area contributed by atoms with Crippen LogP contribution in [0, 0.1) is 0 Å². The lowest BCUT2D eigenvalue weighted by Crippen LogP contribution is -2.32. The Kier molecular flexibility index (Phi) is 4.79. The van der Waals surface area contributed by atoms with E-state index in [9.17, 15) is 0 Å². The fourth-order valence-corrected chi connectivity index (χ4v) is 3.78. The second-order valence-electron chi connectivity index (χ2n) is 6.38. The fraction of sp³-hybridized carbons (Fsp3) is 0.765. The first kappa shape index (κ1) is 14.2. The normalized spacial score (nSPS) is 23.8. The third-order valence-corrected chi connectivity index (χ3v) is 4.89. The minimum atomic E-state index is 0.597. The van der Waals surface area contributed by atoms with Gasteiger partial charge in [0.15, 0.2) is 0 Å². The van der Waals surface area contributed by atoms with Crippen LogP contribution in [-0.2, 0) is 13.0 Å². The van der Waals surface area contributed by atoms with Gasteiger partial charge in [-0.05, 0) is 62.9 Å². The summed E-state index contributed by atoms with van der Waals surface area (Å²) in [5.41, 5.74) is 3.15. The molecule has 2 aliphatic rings. The van der Waals surface area contributed by atoms with Crippen LogP contribution >= 0.6 is 0 Å². The summed E-state index contributed by atoms with van der Waals surface area (Å²) >= 11 is 0. The van der Waals surface area contributed by atoms with Crippen molar-refractivity contribution >= 4 is 0 Å². The van der Waals surface area contributed by atoms with E-state index in [1.807, 2.05) is 0 Å². The number of aryl methyl sites for hydroxylation is 1. The molecule has 1 unspecified atom stereocenters. The molecule has 3 rings (SSSR count). The van der Waals surface area contributed by atoms with Crippen molar-refractivity contribution in [2.75, 3.05) is 26.2 Å². The number of rotatable bonds is 5. The highest BCUT2D eigenvalue weighted by Gasteiger charge is 2.21. The molecule has 1 fully saturated rings. The van der Waals surface area contributed by atoms with Crippen LogP contribution in [0.2, 0.25) is 0 Å². The van der Waals surface area contributed by atoms with Gasteiger partial charge in [-0.25, -0.2) is 0 Å². The molecule has 2 heterocycles.